The molecular formula is C12H13ClO5. The third-order valence-electron chi connectivity index (χ3n) is 1.79. The summed E-state index contributed by atoms with van der Waals surface area (Å²) in [5, 5.41) is 0.549. The molecule has 0 fully saturated rings. The van der Waals surface area contributed by atoms with Gasteiger partial charge in [0, 0.05) is 5.02 Å². The van der Waals surface area contributed by atoms with E-state index in [1.165, 1.54) is 0 Å². The van der Waals surface area contributed by atoms with Gasteiger partial charge in [0.15, 0.2) is 0 Å². The van der Waals surface area contributed by atoms with Crippen LogP contribution in [0.3, 0.4) is 0 Å². The van der Waals surface area contributed by atoms with Crippen LogP contribution in [0.4, 0.5) is 0 Å². The molecule has 0 unspecified atom stereocenters. The van der Waals surface area contributed by atoms with E-state index in [-0.39, 0.29) is 19.8 Å². The van der Waals surface area contributed by atoms with Gasteiger partial charge in [-0.1, -0.05) is 11.6 Å². The van der Waals surface area contributed by atoms with Crippen LogP contribution in [0.25, 0.3) is 0 Å². The Bertz CT molecular complexity index is 401. The van der Waals surface area contributed by atoms with Gasteiger partial charge in [-0.25, -0.2) is 9.59 Å². The normalized spacial score (nSPS) is 9.89. The van der Waals surface area contributed by atoms with Crippen molar-refractivity contribution in [2.45, 2.75) is 6.92 Å². The summed E-state index contributed by atoms with van der Waals surface area (Å²) in [5.74, 6) is -0.748. The molecule has 0 saturated heterocycles. The third kappa shape index (κ3) is 5.65. The zero-order valence-electron chi connectivity index (χ0n) is 9.85. The maximum atomic E-state index is 11.3. The Labute approximate surface area is 110 Å². The van der Waals surface area contributed by atoms with Crippen LogP contribution in [-0.4, -0.2) is 31.8 Å². The number of rotatable bonds is 6. The number of halogens is 1. The van der Waals surface area contributed by atoms with Crippen molar-refractivity contribution >= 4 is 23.5 Å². The van der Waals surface area contributed by atoms with Gasteiger partial charge in [0.25, 0.3) is 0 Å². The van der Waals surface area contributed by atoms with Gasteiger partial charge in [0.1, 0.15) is 19.0 Å². The van der Waals surface area contributed by atoms with Gasteiger partial charge in [0.05, 0.1) is 6.61 Å². The maximum absolute atomic E-state index is 11.3. The fourth-order valence-electron chi connectivity index (χ4n) is 1.08. The number of ether oxygens (including phenoxy) is 3. The molecule has 0 N–H and O–H groups in total. The second-order valence-electron chi connectivity index (χ2n) is 3.23. The quantitative estimate of drug-likeness (QED) is 0.584. The van der Waals surface area contributed by atoms with E-state index in [2.05, 4.69) is 4.74 Å². The maximum Gasteiger partial charge on any atom is 0.337 e. The van der Waals surface area contributed by atoms with Crippen LogP contribution in [0.5, 0.6) is 5.75 Å². The van der Waals surface area contributed by atoms with Crippen LogP contribution in [0, 0.1) is 0 Å². The van der Waals surface area contributed by atoms with Crippen molar-refractivity contribution in [3.05, 3.63) is 29.3 Å². The summed E-state index contributed by atoms with van der Waals surface area (Å²) in [6.45, 7) is 1.37. The van der Waals surface area contributed by atoms with Crippen LogP contribution in [0.15, 0.2) is 24.3 Å². The van der Waals surface area contributed by atoms with Gasteiger partial charge in [0.2, 0.25) is 0 Å². The van der Waals surface area contributed by atoms with Crippen LogP contribution in [-0.2, 0) is 19.1 Å². The molecule has 98 valence electrons. The van der Waals surface area contributed by atoms with Gasteiger partial charge < -0.3 is 14.2 Å². The minimum absolute atomic E-state index is 0.274. The molecule has 0 saturated carbocycles. The Morgan fingerprint density at radius 3 is 2.33 bits per heavy atom. The topological polar surface area (TPSA) is 61.8 Å². The second-order valence-corrected chi connectivity index (χ2v) is 3.66. The fraction of sp³-hybridized carbons (Fsp3) is 0.333. The molecule has 0 spiro atoms. The standard InChI is InChI=1S/C12H13ClO5/c1-2-17-11(14)7-16-8-12(15)18-10-5-3-9(13)4-6-10/h3-6H,2,7-8H2,1H3. The average molecular weight is 273 g/mol. The zero-order chi connectivity index (χ0) is 13.4. The minimum atomic E-state index is -0.596. The molecule has 5 nitrogen and oxygen atoms in total. The van der Waals surface area contributed by atoms with Crippen LogP contribution < -0.4 is 4.74 Å². The van der Waals surface area contributed by atoms with Crippen molar-refractivity contribution in [2.24, 2.45) is 0 Å². The summed E-state index contributed by atoms with van der Waals surface area (Å²) in [5.41, 5.74) is 0. The first kappa shape index (κ1) is 14.5. The monoisotopic (exact) mass is 272 g/mol. The summed E-state index contributed by atoms with van der Waals surface area (Å²) in [6, 6.07) is 6.32. The Kier molecular flexibility index (Phi) is 6.18. The lowest BCUT2D eigenvalue weighted by atomic mass is 10.3. The molecular weight excluding hydrogens is 260 g/mol. The van der Waals surface area contributed by atoms with Gasteiger partial charge in [-0.3, -0.25) is 0 Å². The first-order chi connectivity index (χ1) is 8.61. The molecule has 6 heteroatoms. The Morgan fingerprint density at radius 2 is 1.72 bits per heavy atom. The number of hydrogen-bond donors (Lipinski definition) is 0. The molecule has 1 rings (SSSR count). The molecule has 0 atom stereocenters. The highest BCUT2D eigenvalue weighted by atomic mass is 35.5. The SMILES string of the molecule is CCOC(=O)COCC(=O)Oc1ccc(Cl)cc1. The van der Waals surface area contributed by atoms with Crippen LogP contribution in [0.2, 0.25) is 5.02 Å². The Morgan fingerprint density at radius 1 is 1.11 bits per heavy atom. The molecule has 0 aliphatic rings. The lowest BCUT2D eigenvalue weighted by Gasteiger charge is -2.05. The van der Waals surface area contributed by atoms with E-state index in [9.17, 15) is 9.59 Å². The first-order valence-electron chi connectivity index (χ1n) is 5.31. The molecule has 0 aromatic heterocycles. The summed E-state index contributed by atoms with van der Waals surface area (Å²) in [6.07, 6.45) is 0. The van der Waals surface area contributed by atoms with Crippen molar-refractivity contribution in [1.29, 1.82) is 0 Å². The number of esters is 2. The van der Waals surface area contributed by atoms with Crippen LogP contribution in [0.1, 0.15) is 6.92 Å². The van der Waals surface area contributed by atoms with Crippen LogP contribution >= 0.6 is 11.6 Å². The summed E-state index contributed by atoms with van der Waals surface area (Å²) in [4.78, 5) is 22.2. The second kappa shape index (κ2) is 7.68. The van der Waals surface area contributed by atoms with Crippen molar-refractivity contribution < 1.29 is 23.8 Å². The molecule has 1 aromatic carbocycles. The molecule has 0 heterocycles. The molecule has 0 radical (unpaired) electrons. The van der Waals surface area contributed by atoms with E-state index in [1.54, 1.807) is 31.2 Å². The van der Waals surface area contributed by atoms with Gasteiger partial charge in [-0.05, 0) is 31.2 Å². The molecule has 0 bridgehead atoms. The highest BCUT2D eigenvalue weighted by molar-refractivity contribution is 6.30. The van der Waals surface area contributed by atoms with E-state index in [0.717, 1.165) is 0 Å². The van der Waals surface area contributed by atoms with E-state index in [0.29, 0.717) is 10.8 Å². The summed E-state index contributed by atoms with van der Waals surface area (Å²) in [7, 11) is 0. The fourth-order valence-corrected chi connectivity index (χ4v) is 1.21. The number of hydrogen-bond acceptors (Lipinski definition) is 5. The van der Waals surface area contributed by atoms with E-state index in [4.69, 9.17) is 21.1 Å². The Hall–Kier alpha value is -1.59. The number of carbonyl (C=O) groups is 2. The van der Waals surface area contributed by atoms with Crippen molar-refractivity contribution in [3.63, 3.8) is 0 Å². The predicted octanol–water partition coefficient (Wildman–Crippen LogP) is 1.83. The molecule has 0 amide bonds. The Balaban J connectivity index is 2.25. The molecule has 1 aromatic rings. The van der Waals surface area contributed by atoms with E-state index in [1.807, 2.05) is 0 Å². The highest BCUT2D eigenvalue weighted by Gasteiger charge is 2.07. The molecule has 0 aliphatic carbocycles. The van der Waals surface area contributed by atoms with Crippen molar-refractivity contribution in [3.8, 4) is 5.75 Å². The number of carbonyl (C=O) groups excluding carboxylic acids is 2. The van der Waals surface area contributed by atoms with Gasteiger partial charge in [-0.2, -0.15) is 0 Å². The van der Waals surface area contributed by atoms with Crippen molar-refractivity contribution in [2.75, 3.05) is 19.8 Å². The van der Waals surface area contributed by atoms with E-state index >= 15 is 0 Å². The van der Waals surface area contributed by atoms with E-state index < -0.39 is 11.9 Å². The molecule has 18 heavy (non-hydrogen) atoms. The van der Waals surface area contributed by atoms with Crippen molar-refractivity contribution in [1.82, 2.24) is 0 Å². The average Bonchev–Trinajstić information content (AvgIpc) is 2.32. The lowest BCUT2D eigenvalue weighted by molar-refractivity contribution is -0.151. The smallest absolute Gasteiger partial charge is 0.337 e. The third-order valence-corrected chi connectivity index (χ3v) is 2.04. The summed E-state index contributed by atoms with van der Waals surface area (Å²) >= 11 is 5.68. The molecule has 0 aliphatic heterocycles. The zero-order valence-corrected chi connectivity index (χ0v) is 10.6. The minimum Gasteiger partial charge on any atom is -0.464 e. The predicted molar refractivity (Wildman–Crippen MR) is 64.5 cm³/mol. The number of benzene rings is 1. The van der Waals surface area contributed by atoms with Gasteiger partial charge >= 0.3 is 11.9 Å². The largest absolute Gasteiger partial charge is 0.464 e. The van der Waals surface area contributed by atoms with Gasteiger partial charge in [-0.15, -0.1) is 0 Å². The first-order valence-corrected chi connectivity index (χ1v) is 5.69. The highest BCUT2D eigenvalue weighted by Crippen LogP contribution is 2.15. The lowest BCUT2D eigenvalue weighted by Crippen LogP contribution is -2.20. The summed E-state index contributed by atoms with van der Waals surface area (Å²) < 4.78 is 14.4.